The summed E-state index contributed by atoms with van der Waals surface area (Å²) in [6.45, 7) is 0. The monoisotopic (exact) mass is 218 g/mol. The molecule has 0 spiro atoms. The Morgan fingerprint density at radius 3 is 2.69 bits per heavy atom. The van der Waals surface area contributed by atoms with Crippen LogP contribution in [0.2, 0.25) is 0 Å². The van der Waals surface area contributed by atoms with Crippen molar-refractivity contribution in [3.63, 3.8) is 0 Å². The molecule has 1 aromatic rings. The molecule has 0 amide bonds. The largest absolute Gasteiger partial charge is 0.481 e. The maximum Gasteiger partial charge on any atom is 0.309 e. The Hall–Kier alpha value is -1.91. The summed E-state index contributed by atoms with van der Waals surface area (Å²) in [6, 6.07) is 7.06. The number of carbonyl (C=O) groups is 1. The summed E-state index contributed by atoms with van der Waals surface area (Å²) in [5.41, 5.74) is 1.98. The van der Waals surface area contributed by atoms with Gasteiger partial charge in [-0.1, -0.05) is 24.3 Å². The highest BCUT2D eigenvalue weighted by molar-refractivity contribution is 5.73. The van der Waals surface area contributed by atoms with Gasteiger partial charge in [0.25, 0.3) is 0 Å². The number of benzene rings is 1. The smallest absolute Gasteiger partial charge is 0.309 e. The van der Waals surface area contributed by atoms with Crippen LogP contribution in [-0.4, -0.2) is 16.1 Å². The first-order valence-corrected chi connectivity index (χ1v) is 5.17. The van der Waals surface area contributed by atoms with Crippen LogP contribution in [0.25, 0.3) is 0 Å². The number of carboxylic acids is 1. The number of carboxylic acid groups (broad SMARTS) is 1. The Bertz CT molecular complexity index is 472. The molecular weight excluding hydrogens is 208 g/mol. The molecule has 0 unspecified atom stereocenters. The molecule has 2 aliphatic rings. The van der Waals surface area contributed by atoms with Crippen LogP contribution in [-0.2, 0) is 4.79 Å². The number of nitrogens with zero attached hydrogens (tertiary/aromatic N) is 2. The predicted molar refractivity (Wildman–Crippen MR) is 55.3 cm³/mol. The lowest BCUT2D eigenvalue weighted by Gasteiger charge is -2.18. The Labute approximate surface area is 91.6 Å². The third kappa shape index (κ3) is 0.973. The zero-order valence-electron chi connectivity index (χ0n) is 8.41. The van der Waals surface area contributed by atoms with Crippen LogP contribution in [0, 0.1) is 10.8 Å². The van der Waals surface area contributed by atoms with Crippen molar-refractivity contribution in [3.8, 4) is 0 Å². The molecule has 5 nitrogen and oxygen atoms in total. The number of nitroso groups, excluding NO2 is 1. The fourth-order valence-corrected chi connectivity index (χ4v) is 2.91. The van der Waals surface area contributed by atoms with Gasteiger partial charge in [0, 0.05) is 0 Å². The van der Waals surface area contributed by atoms with Crippen molar-refractivity contribution >= 4 is 5.97 Å². The van der Waals surface area contributed by atoms with E-state index in [-0.39, 0.29) is 12.1 Å². The van der Waals surface area contributed by atoms with Crippen molar-refractivity contribution in [1.82, 2.24) is 5.01 Å². The zero-order valence-corrected chi connectivity index (χ0v) is 8.41. The molecule has 3 rings (SSSR count). The van der Waals surface area contributed by atoms with E-state index in [1.807, 2.05) is 24.3 Å². The first kappa shape index (κ1) is 9.33. The van der Waals surface area contributed by atoms with Crippen molar-refractivity contribution in [1.29, 1.82) is 0 Å². The highest BCUT2D eigenvalue weighted by atomic mass is 16.4. The normalized spacial score (nSPS) is 30.2. The minimum atomic E-state index is -0.851. The van der Waals surface area contributed by atoms with E-state index in [0.29, 0.717) is 6.42 Å². The van der Waals surface area contributed by atoms with Gasteiger partial charge in [-0.15, -0.1) is 4.91 Å². The molecule has 1 saturated heterocycles. The summed E-state index contributed by atoms with van der Waals surface area (Å²) >= 11 is 0. The Morgan fingerprint density at radius 2 is 2.06 bits per heavy atom. The van der Waals surface area contributed by atoms with E-state index in [9.17, 15) is 9.70 Å². The van der Waals surface area contributed by atoms with Crippen LogP contribution in [0.15, 0.2) is 29.6 Å². The Morgan fingerprint density at radius 1 is 1.38 bits per heavy atom. The predicted octanol–water partition coefficient (Wildman–Crippen LogP) is 1.87. The van der Waals surface area contributed by atoms with Gasteiger partial charge < -0.3 is 5.11 Å². The molecule has 3 atom stereocenters. The lowest BCUT2D eigenvalue weighted by molar-refractivity contribution is -0.142. The summed E-state index contributed by atoms with van der Waals surface area (Å²) in [7, 11) is 0. The average molecular weight is 218 g/mol. The second-order valence-electron chi connectivity index (χ2n) is 4.23. The van der Waals surface area contributed by atoms with Gasteiger partial charge in [-0.3, -0.25) is 4.79 Å². The van der Waals surface area contributed by atoms with Gasteiger partial charge in [0.1, 0.15) is 0 Å². The molecule has 82 valence electrons. The maximum atomic E-state index is 11.1. The second-order valence-corrected chi connectivity index (χ2v) is 4.23. The Balaban J connectivity index is 2.12. The van der Waals surface area contributed by atoms with Crippen molar-refractivity contribution in [2.45, 2.75) is 18.5 Å². The lowest BCUT2D eigenvalue weighted by atomic mass is 9.84. The van der Waals surface area contributed by atoms with Crippen LogP contribution >= 0.6 is 0 Å². The molecule has 1 aromatic carbocycles. The third-order valence-electron chi connectivity index (χ3n) is 3.55. The second kappa shape index (κ2) is 3.04. The minimum absolute atomic E-state index is 0.153. The quantitative estimate of drug-likeness (QED) is 0.769. The fourth-order valence-electron chi connectivity index (χ4n) is 2.91. The number of aliphatic carboxylic acids is 1. The molecule has 2 aliphatic heterocycles. The van der Waals surface area contributed by atoms with Gasteiger partial charge in [-0.2, -0.15) is 0 Å². The lowest BCUT2D eigenvalue weighted by Crippen LogP contribution is -2.22. The molecular formula is C11H10N2O3. The van der Waals surface area contributed by atoms with Gasteiger partial charge in [-0.25, -0.2) is 5.01 Å². The summed E-state index contributed by atoms with van der Waals surface area (Å²) in [6.07, 6.45) is 0.475. The maximum absolute atomic E-state index is 11.1. The molecule has 2 heterocycles. The van der Waals surface area contributed by atoms with Crippen molar-refractivity contribution in [3.05, 3.63) is 40.3 Å². The van der Waals surface area contributed by atoms with Crippen LogP contribution < -0.4 is 0 Å². The number of hydrogen-bond acceptors (Lipinski definition) is 3. The molecule has 2 bridgehead atoms. The standard InChI is InChI=1S/C11H10N2O3/c14-11(15)8-5-9-6-3-1-2-4-7(6)10(8)13(9)12-16/h1-4,8-10H,5H2,(H,14,15)/t8-,9-,10-/m0/s1. The summed E-state index contributed by atoms with van der Waals surface area (Å²) < 4.78 is 0. The van der Waals surface area contributed by atoms with Crippen molar-refractivity contribution in [2.75, 3.05) is 0 Å². The van der Waals surface area contributed by atoms with Crippen LogP contribution in [0.1, 0.15) is 29.6 Å². The number of hydrogen-bond donors (Lipinski definition) is 1. The fraction of sp³-hybridized carbons (Fsp3) is 0.364. The van der Waals surface area contributed by atoms with Crippen LogP contribution in [0.4, 0.5) is 0 Å². The molecule has 0 saturated carbocycles. The summed E-state index contributed by atoms with van der Waals surface area (Å²) in [5, 5.41) is 13.5. The summed E-state index contributed by atoms with van der Waals surface area (Å²) in [5.74, 6) is -1.37. The number of rotatable bonds is 2. The molecule has 1 N–H and O–H groups in total. The van der Waals surface area contributed by atoms with E-state index < -0.39 is 11.9 Å². The van der Waals surface area contributed by atoms with E-state index in [0.717, 1.165) is 11.1 Å². The van der Waals surface area contributed by atoms with Crippen molar-refractivity contribution < 1.29 is 9.90 Å². The first-order valence-electron chi connectivity index (χ1n) is 5.17. The molecule has 16 heavy (non-hydrogen) atoms. The van der Waals surface area contributed by atoms with Crippen molar-refractivity contribution in [2.24, 2.45) is 11.2 Å². The molecule has 1 fully saturated rings. The van der Waals surface area contributed by atoms with Gasteiger partial charge in [0.2, 0.25) is 0 Å². The molecule has 0 aromatic heterocycles. The third-order valence-corrected chi connectivity index (χ3v) is 3.55. The highest BCUT2D eigenvalue weighted by Crippen LogP contribution is 2.56. The van der Waals surface area contributed by atoms with E-state index >= 15 is 0 Å². The van der Waals surface area contributed by atoms with Gasteiger partial charge in [0.15, 0.2) is 0 Å². The van der Waals surface area contributed by atoms with Crippen LogP contribution in [0.5, 0.6) is 0 Å². The number of fused-ring (bicyclic) bond motifs is 5. The summed E-state index contributed by atoms with van der Waals surface area (Å²) in [4.78, 5) is 21.9. The topological polar surface area (TPSA) is 70.0 Å². The minimum Gasteiger partial charge on any atom is -0.481 e. The van der Waals surface area contributed by atoms with E-state index in [1.165, 1.54) is 5.01 Å². The van der Waals surface area contributed by atoms with E-state index in [2.05, 4.69) is 5.29 Å². The zero-order chi connectivity index (χ0) is 11.3. The van der Waals surface area contributed by atoms with Gasteiger partial charge >= 0.3 is 5.97 Å². The first-order chi connectivity index (χ1) is 7.74. The van der Waals surface area contributed by atoms with E-state index in [4.69, 9.17) is 5.11 Å². The Kier molecular flexibility index (Phi) is 1.77. The molecule has 5 heteroatoms. The molecule has 0 aliphatic carbocycles. The highest BCUT2D eigenvalue weighted by Gasteiger charge is 2.53. The van der Waals surface area contributed by atoms with Crippen LogP contribution in [0.3, 0.4) is 0 Å². The van der Waals surface area contributed by atoms with Gasteiger partial charge in [-0.05, 0) is 17.5 Å². The van der Waals surface area contributed by atoms with E-state index in [1.54, 1.807) is 0 Å². The average Bonchev–Trinajstić information content (AvgIpc) is 2.81. The SMILES string of the molecule is O=NN1[C@H]2C[C@H](C(=O)O)[C@@H]1c1ccccc12. The van der Waals surface area contributed by atoms with Gasteiger partial charge in [0.05, 0.1) is 23.3 Å². The molecule has 0 radical (unpaired) electrons.